The van der Waals surface area contributed by atoms with Crippen LogP contribution in [0.1, 0.15) is 77.9 Å². The summed E-state index contributed by atoms with van der Waals surface area (Å²) in [5, 5.41) is 0. The molecule has 0 atom stereocenters. The summed E-state index contributed by atoms with van der Waals surface area (Å²) in [5.41, 5.74) is 3.02. The van der Waals surface area contributed by atoms with Crippen LogP contribution in [0.2, 0.25) is 0 Å². The van der Waals surface area contributed by atoms with Gasteiger partial charge in [-0.1, -0.05) is 200 Å². The summed E-state index contributed by atoms with van der Waals surface area (Å²) in [4.78, 5) is 0. The number of benzene rings is 9. The largest absolute Gasteiger partial charge is 0.416 e. The topological polar surface area (TPSA) is 0 Å². The van der Waals surface area contributed by atoms with Gasteiger partial charge >= 0.3 is 24.7 Å². The highest BCUT2D eigenvalue weighted by molar-refractivity contribution is 5.93. The molecular formula is C66H42F12. The van der Waals surface area contributed by atoms with E-state index in [-0.39, 0.29) is 34.4 Å². The third-order valence-corrected chi connectivity index (χ3v) is 12.8. The molecule has 0 saturated heterocycles. The van der Waals surface area contributed by atoms with E-state index in [4.69, 9.17) is 0 Å². The second-order valence-electron chi connectivity index (χ2n) is 18.2. The van der Waals surface area contributed by atoms with Gasteiger partial charge in [0.15, 0.2) is 0 Å². The Labute approximate surface area is 441 Å². The maximum Gasteiger partial charge on any atom is 0.416 e. The Morgan fingerprint density at radius 2 is 0.551 bits per heavy atom. The third-order valence-electron chi connectivity index (χ3n) is 12.8. The summed E-state index contributed by atoms with van der Waals surface area (Å²) in [6.07, 6.45) is -9.49. The quantitative estimate of drug-likeness (QED) is 0.0845. The van der Waals surface area contributed by atoms with Crippen molar-refractivity contribution < 1.29 is 52.7 Å². The van der Waals surface area contributed by atoms with Crippen LogP contribution in [-0.4, -0.2) is 0 Å². The summed E-state index contributed by atoms with van der Waals surface area (Å²) in [7, 11) is 0. The van der Waals surface area contributed by atoms with Gasteiger partial charge in [-0.2, -0.15) is 52.7 Å². The average Bonchev–Trinajstić information content (AvgIpc) is 3.45. The van der Waals surface area contributed by atoms with Crippen LogP contribution >= 0.6 is 0 Å². The van der Waals surface area contributed by atoms with E-state index in [1.165, 1.54) is 0 Å². The predicted molar refractivity (Wildman–Crippen MR) is 288 cm³/mol. The molecule has 0 bridgehead atoms. The molecule has 0 aliphatic carbocycles. The summed E-state index contributed by atoms with van der Waals surface area (Å²) in [6.45, 7) is 0. The number of rotatable bonds is 12. The lowest BCUT2D eigenvalue weighted by atomic mass is 9.92. The highest BCUT2D eigenvalue weighted by Gasteiger charge is 2.38. The van der Waals surface area contributed by atoms with Crippen LogP contribution < -0.4 is 0 Å². The van der Waals surface area contributed by atoms with Crippen LogP contribution in [0.15, 0.2) is 218 Å². The van der Waals surface area contributed by atoms with Crippen LogP contribution in [0, 0.1) is 0 Å². The second kappa shape index (κ2) is 22.4. The van der Waals surface area contributed by atoms with E-state index in [1.54, 1.807) is 121 Å². The van der Waals surface area contributed by atoms with Gasteiger partial charge in [-0.25, -0.2) is 0 Å². The van der Waals surface area contributed by atoms with E-state index in [0.29, 0.717) is 46.5 Å². The molecule has 0 spiro atoms. The first-order valence-corrected chi connectivity index (χ1v) is 24.1. The molecular weight excluding hydrogens is 1020 g/mol. The Morgan fingerprint density at radius 1 is 0.244 bits per heavy atom. The summed E-state index contributed by atoms with van der Waals surface area (Å²) in [5.74, 6) is 0. The molecule has 12 heteroatoms. The van der Waals surface area contributed by atoms with Crippen LogP contribution in [0.25, 0.3) is 69.9 Å². The fourth-order valence-electron chi connectivity index (χ4n) is 8.77. The lowest BCUT2D eigenvalue weighted by molar-refractivity contribution is -0.144. The zero-order valence-corrected chi connectivity index (χ0v) is 40.8. The van der Waals surface area contributed by atoms with Gasteiger partial charge in [-0.15, -0.1) is 0 Å². The summed E-state index contributed by atoms with van der Waals surface area (Å²) in [6, 6.07) is 57.4. The minimum absolute atomic E-state index is 0.102. The molecule has 0 radical (unpaired) electrons. The van der Waals surface area contributed by atoms with Gasteiger partial charge in [-0.3, -0.25) is 0 Å². The molecule has 9 rings (SSSR count). The monoisotopic (exact) mass is 1060 g/mol. The fraction of sp³-hybridized carbons (Fsp3) is 0.0606. The Bertz CT molecular complexity index is 3590. The van der Waals surface area contributed by atoms with E-state index in [2.05, 4.69) is 0 Å². The van der Waals surface area contributed by atoms with Crippen LogP contribution in [0.5, 0.6) is 0 Å². The molecule has 0 unspecified atom stereocenters. The zero-order valence-electron chi connectivity index (χ0n) is 40.8. The van der Waals surface area contributed by atoms with Crippen molar-refractivity contribution in [2.45, 2.75) is 24.7 Å². The van der Waals surface area contributed by atoms with E-state index in [0.717, 1.165) is 44.5 Å². The number of hydrogen-bond donors (Lipinski definition) is 0. The van der Waals surface area contributed by atoms with Crippen LogP contribution in [0.3, 0.4) is 0 Å². The highest BCUT2D eigenvalue weighted by Crippen LogP contribution is 2.41. The first-order chi connectivity index (χ1) is 37.1. The zero-order chi connectivity index (χ0) is 55.2. The molecule has 0 amide bonds. The van der Waals surface area contributed by atoms with Crippen molar-refractivity contribution in [3.05, 3.63) is 296 Å². The molecule has 0 aliphatic heterocycles. The Hall–Kier alpha value is -8.90. The van der Waals surface area contributed by atoms with E-state index in [1.807, 2.05) is 97.1 Å². The molecule has 0 saturated carbocycles. The van der Waals surface area contributed by atoms with Crippen molar-refractivity contribution in [3.8, 4) is 22.3 Å². The number of halogens is 12. The standard InChI is InChI=1S/C66H42F12/c67-63(68,69)57-37-55(38-58(41-57)64(70,71)72)61(51-12-6-2-7-13-51)34-45-20-16-43(17-21-45)24-26-49-32-33-54(50-30-28-48(29-31-50)47-10-4-1-5-11-47)36-53(49)27-25-44-18-22-46(23-19-44)35-62(52-14-8-3-9-15-52)56-39-59(65(73,74)75)42-60(40-56)66(76,77)78/h1-42H. The van der Waals surface area contributed by atoms with Crippen molar-refractivity contribution in [3.63, 3.8) is 0 Å². The number of alkyl halides is 12. The maximum atomic E-state index is 14.0. The van der Waals surface area contributed by atoms with Gasteiger partial charge in [0.2, 0.25) is 0 Å². The van der Waals surface area contributed by atoms with Crippen LogP contribution in [0.4, 0.5) is 52.7 Å². The minimum Gasteiger partial charge on any atom is -0.166 e. The summed E-state index contributed by atoms with van der Waals surface area (Å²) < 4.78 is 167. The highest BCUT2D eigenvalue weighted by atomic mass is 19.4. The molecule has 0 N–H and O–H groups in total. The maximum absolute atomic E-state index is 14.0. The van der Waals surface area contributed by atoms with E-state index < -0.39 is 47.0 Å². The second-order valence-corrected chi connectivity index (χ2v) is 18.2. The molecule has 0 heterocycles. The Balaban J connectivity index is 1.04. The molecule has 78 heavy (non-hydrogen) atoms. The minimum atomic E-state index is -5.03. The Morgan fingerprint density at radius 3 is 0.923 bits per heavy atom. The summed E-state index contributed by atoms with van der Waals surface area (Å²) >= 11 is 0. The Kier molecular flexibility index (Phi) is 15.5. The first-order valence-electron chi connectivity index (χ1n) is 24.1. The van der Waals surface area contributed by atoms with Crippen molar-refractivity contribution in [2.24, 2.45) is 0 Å². The molecule has 0 aliphatic rings. The average molecular weight is 1060 g/mol. The lowest BCUT2D eigenvalue weighted by Crippen LogP contribution is -2.11. The van der Waals surface area contributed by atoms with Gasteiger partial charge in [0.1, 0.15) is 0 Å². The smallest absolute Gasteiger partial charge is 0.166 e. The van der Waals surface area contributed by atoms with Gasteiger partial charge in [0, 0.05) is 0 Å². The molecule has 0 nitrogen and oxygen atoms in total. The van der Waals surface area contributed by atoms with Crippen molar-refractivity contribution >= 4 is 47.6 Å². The molecule has 0 fully saturated rings. The van der Waals surface area contributed by atoms with Crippen molar-refractivity contribution in [1.82, 2.24) is 0 Å². The fourth-order valence-corrected chi connectivity index (χ4v) is 8.77. The van der Waals surface area contributed by atoms with E-state index in [9.17, 15) is 52.7 Å². The third kappa shape index (κ3) is 13.4. The van der Waals surface area contributed by atoms with Crippen LogP contribution in [-0.2, 0) is 24.7 Å². The van der Waals surface area contributed by atoms with Gasteiger partial charge in [-0.05, 0) is 144 Å². The van der Waals surface area contributed by atoms with Gasteiger partial charge in [0.25, 0.3) is 0 Å². The predicted octanol–water partition coefficient (Wildman–Crippen LogP) is 20.6. The van der Waals surface area contributed by atoms with Gasteiger partial charge in [0.05, 0.1) is 22.3 Å². The molecule has 390 valence electrons. The van der Waals surface area contributed by atoms with Gasteiger partial charge < -0.3 is 0 Å². The molecule has 0 aromatic heterocycles. The SMILES string of the molecule is FC(F)(F)c1cc(C(=Cc2ccc(C=Cc3ccc(-c4ccc(-c5ccccc5)cc4)cc3C=Cc3ccc(C=C(c4ccccc4)c4cc(C(F)(F)F)cc(C(F)(F)F)c4)cc3)cc2)c2ccccc2)cc(C(F)(F)F)c1. The van der Waals surface area contributed by atoms with Crippen molar-refractivity contribution in [1.29, 1.82) is 0 Å². The lowest BCUT2D eigenvalue weighted by Gasteiger charge is -2.16. The van der Waals surface area contributed by atoms with E-state index >= 15 is 0 Å². The first kappa shape index (κ1) is 53.9. The molecule has 9 aromatic carbocycles. The normalized spacial score (nSPS) is 12.9. The molecule has 9 aromatic rings. The number of hydrogen-bond acceptors (Lipinski definition) is 0. The van der Waals surface area contributed by atoms with Crippen molar-refractivity contribution in [2.75, 3.05) is 0 Å².